The molecule has 2 aromatic heterocycles. The Kier molecular flexibility index (Phi) is 4.77. The fourth-order valence-corrected chi connectivity index (χ4v) is 3.40. The Labute approximate surface area is 165 Å². The summed E-state index contributed by atoms with van der Waals surface area (Å²) in [5, 5.41) is 12.8. The van der Waals surface area contributed by atoms with Crippen LogP contribution >= 0.6 is 11.3 Å². The number of benzene rings is 2. The Hall–Kier alpha value is -3.65. The number of nitrogens with one attached hydrogen (secondary N) is 1. The van der Waals surface area contributed by atoms with Crippen LogP contribution in [0.2, 0.25) is 0 Å². The van der Waals surface area contributed by atoms with E-state index in [9.17, 15) is 4.79 Å². The number of nitrogens with zero attached hydrogens (tertiary/aromatic N) is 3. The van der Waals surface area contributed by atoms with Gasteiger partial charge in [0.1, 0.15) is 5.75 Å². The van der Waals surface area contributed by atoms with Crippen molar-refractivity contribution in [3.8, 4) is 21.9 Å². The van der Waals surface area contributed by atoms with E-state index in [-0.39, 0.29) is 11.6 Å². The zero-order valence-corrected chi connectivity index (χ0v) is 15.8. The van der Waals surface area contributed by atoms with Crippen LogP contribution in [-0.2, 0) is 0 Å². The third-order valence-electron chi connectivity index (χ3n) is 4.17. The van der Waals surface area contributed by atoms with Crippen molar-refractivity contribution >= 4 is 28.6 Å². The van der Waals surface area contributed by atoms with Gasteiger partial charge in [-0.05, 0) is 53.4 Å². The zero-order chi connectivity index (χ0) is 19.5. The number of carbonyl (C=O) groups excluding carboxylic acids is 1. The lowest BCUT2D eigenvalue weighted by Gasteiger charge is -2.08. The molecule has 0 aliphatic heterocycles. The van der Waals surface area contributed by atoms with E-state index in [4.69, 9.17) is 10.5 Å². The number of ether oxygens (including phenoxy) is 1. The molecular formula is C20H17N5O2S. The molecule has 0 bridgehead atoms. The maximum Gasteiger partial charge on any atom is 0.277 e. The summed E-state index contributed by atoms with van der Waals surface area (Å²) in [5.74, 6) is 0.359. The third-order valence-corrected chi connectivity index (χ3v) is 5.09. The smallest absolute Gasteiger partial charge is 0.277 e. The number of methoxy groups -OCH3 is 1. The standard InChI is InChI=1S/C20H17N5O2S/c1-27-15-7-5-14(6-8-15)25-12-18(23-24-25)20(26)22-17-11-13(4-9-16(17)21)19-3-2-10-28-19/h2-12H,21H2,1H3,(H,22,26). The molecule has 0 radical (unpaired) electrons. The molecule has 0 fully saturated rings. The molecule has 140 valence electrons. The number of nitrogens with two attached hydrogens (primary N) is 1. The predicted octanol–water partition coefficient (Wildman–Crippen LogP) is 3.84. The lowest BCUT2D eigenvalue weighted by Crippen LogP contribution is -2.13. The lowest BCUT2D eigenvalue weighted by atomic mass is 10.1. The van der Waals surface area contributed by atoms with Crippen LogP contribution in [0, 0.1) is 0 Å². The number of nitrogen functional groups attached to an aromatic ring is 1. The fraction of sp³-hybridized carbons (Fsp3) is 0.0500. The van der Waals surface area contributed by atoms with E-state index in [0.29, 0.717) is 11.4 Å². The molecule has 3 N–H and O–H groups in total. The van der Waals surface area contributed by atoms with E-state index < -0.39 is 0 Å². The summed E-state index contributed by atoms with van der Waals surface area (Å²) in [5.41, 5.74) is 9.00. The quantitative estimate of drug-likeness (QED) is 0.504. The first kappa shape index (κ1) is 17.7. The van der Waals surface area contributed by atoms with Gasteiger partial charge in [-0.1, -0.05) is 17.3 Å². The molecule has 8 heteroatoms. The first-order valence-electron chi connectivity index (χ1n) is 8.45. The Morgan fingerprint density at radius 3 is 2.71 bits per heavy atom. The highest BCUT2D eigenvalue weighted by Gasteiger charge is 2.14. The minimum absolute atomic E-state index is 0.191. The molecule has 0 atom stereocenters. The highest BCUT2D eigenvalue weighted by atomic mass is 32.1. The van der Waals surface area contributed by atoms with Gasteiger partial charge in [-0.3, -0.25) is 4.79 Å². The highest BCUT2D eigenvalue weighted by molar-refractivity contribution is 7.13. The van der Waals surface area contributed by atoms with Crippen LogP contribution in [0.15, 0.2) is 66.2 Å². The molecule has 4 rings (SSSR count). The second-order valence-corrected chi connectivity index (χ2v) is 6.93. The molecule has 2 heterocycles. The largest absolute Gasteiger partial charge is 0.497 e. The average Bonchev–Trinajstić information content (AvgIpc) is 3.42. The van der Waals surface area contributed by atoms with Crippen molar-refractivity contribution in [2.75, 3.05) is 18.2 Å². The second-order valence-electron chi connectivity index (χ2n) is 5.98. The van der Waals surface area contributed by atoms with Crippen LogP contribution in [0.4, 0.5) is 11.4 Å². The Morgan fingerprint density at radius 1 is 1.18 bits per heavy atom. The van der Waals surface area contributed by atoms with E-state index in [2.05, 4.69) is 15.6 Å². The number of rotatable bonds is 5. The van der Waals surface area contributed by atoms with Gasteiger partial charge in [0.25, 0.3) is 5.91 Å². The molecule has 0 aliphatic carbocycles. The molecule has 0 spiro atoms. The molecule has 0 saturated heterocycles. The minimum Gasteiger partial charge on any atom is -0.497 e. The minimum atomic E-state index is -0.380. The summed E-state index contributed by atoms with van der Waals surface area (Å²) in [6, 6.07) is 16.8. The van der Waals surface area contributed by atoms with Crippen molar-refractivity contribution in [1.82, 2.24) is 15.0 Å². The van der Waals surface area contributed by atoms with Crippen LogP contribution in [0.25, 0.3) is 16.1 Å². The molecule has 4 aromatic rings. The van der Waals surface area contributed by atoms with Crippen molar-refractivity contribution < 1.29 is 9.53 Å². The van der Waals surface area contributed by atoms with Crippen molar-refractivity contribution in [3.05, 3.63) is 71.9 Å². The first-order chi connectivity index (χ1) is 13.6. The van der Waals surface area contributed by atoms with Gasteiger partial charge in [-0.2, -0.15) is 0 Å². The number of aromatic nitrogens is 3. The zero-order valence-electron chi connectivity index (χ0n) is 15.0. The second kappa shape index (κ2) is 7.53. The van der Waals surface area contributed by atoms with E-state index in [0.717, 1.165) is 21.9 Å². The van der Waals surface area contributed by atoms with E-state index in [1.165, 1.54) is 4.68 Å². The van der Waals surface area contributed by atoms with E-state index in [1.54, 1.807) is 30.7 Å². The van der Waals surface area contributed by atoms with Gasteiger partial charge < -0.3 is 15.8 Å². The number of amides is 1. The van der Waals surface area contributed by atoms with Gasteiger partial charge in [0.2, 0.25) is 0 Å². The van der Waals surface area contributed by atoms with Crippen molar-refractivity contribution in [2.45, 2.75) is 0 Å². The van der Waals surface area contributed by atoms with Crippen LogP contribution in [-0.4, -0.2) is 28.0 Å². The monoisotopic (exact) mass is 391 g/mol. The Morgan fingerprint density at radius 2 is 2.00 bits per heavy atom. The van der Waals surface area contributed by atoms with Crippen LogP contribution in [0.3, 0.4) is 0 Å². The molecule has 1 amide bonds. The maximum atomic E-state index is 12.6. The summed E-state index contributed by atoms with van der Waals surface area (Å²) in [6.45, 7) is 0. The molecule has 0 aliphatic rings. The van der Waals surface area contributed by atoms with Crippen molar-refractivity contribution in [2.24, 2.45) is 0 Å². The SMILES string of the molecule is COc1ccc(-n2cc(C(=O)Nc3cc(-c4cccs4)ccc3N)nn2)cc1. The van der Waals surface area contributed by atoms with Gasteiger partial charge in [0.15, 0.2) is 5.69 Å². The van der Waals surface area contributed by atoms with Gasteiger partial charge >= 0.3 is 0 Å². The average molecular weight is 391 g/mol. The molecular weight excluding hydrogens is 374 g/mol. The van der Waals surface area contributed by atoms with Gasteiger partial charge in [0.05, 0.1) is 30.4 Å². The summed E-state index contributed by atoms with van der Waals surface area (Å²) < 4.78 is 6.67. The van der Waals surface area contributed by atoms with Crippen LogP contribution in [0.1, 0.15) is 10.5 Å². The van der Waals surface area contributed by atoms with E-state index in [1.807, 2.05) is 53.9 Å². The number of hydrogen-bond donors (Lipinski definition) is 2. The molecule has 7 nitrogen and oxygen atoms in total. The van der Waals surface area contributed by atoms with Crippen LogP contribution in [0.5, 0.6) is 5.75 Å². The fourth-order valence-electron chi connectivity index (χ4n) is 2.68. The summed E-state index contributed by atoms with van der Waals surface area (Å²) in [4.78, 5) is 13.7. The van der Waals surface area contributed by atoms with Crippen LogP contribution < -0.4 is 15.8 Å². The maximum absolute atomic E-state index is 12.6. The lowest BCUT2D eigenvalue weighted by molar-refractivity contribution is 0.102. The summed E-state index contributed by atoms with van der Waals surface area (Å²) in [7, 11) is 1.60. The summed E-state index contributed by atoms with van der Waals surface area (Å²) in [6.07, 6.45) is 1.57. The normalized spacial score (nSPS) is 10.6. The third kappa shape index (κ3) is 3.58. The Balaban J connectivity index is 1.54. The molecule has 2 aromatic carbocycles. The molecule has 0 unspecified atom stereocenters. The van der Waals surface area contributed by atoms with Crippen molar-refractivity contribution in [3.63, 3.8) is 0 Å². The van der Waals surface area contributed by atoms with Gasteiger partial charge in [0, 0.05) is 4.88 Å². The number of carbonyl (C=O) groups is 1. The topological polar surface area (TPSA) is 95.1 Å². The summed E-state index contributed by atoms with van der Waals surface area (Å²) >= 11 is 1.62. The number of thiophene rings is 1. The molecule has 0 saturated carbocycles. The highest BCUT2D eigenvalue weighted by Crippen LogP contribution is 2.30. The number of hydrogen-bond acceptors (Lipinski definition) is 6. The van der Waals surface area contributed by atoms with Crippen molar-refractivity contribution in [1.29, 1.82) is 0 Å². The number of anilines is 2. The molecule has 28 heavy (non-hydrogen) atoms. The predicted molar refractivity (Wildman–Crippen MR) is 110 cm³/mol. The van der Waals surface area contributed by atoms with E-state index >= 15 is 0 Å². The van der Waals surface area contributed by atoms with Gasteiger partial charge in [-0.15, -0.1) is 16.4 Å². The Bertz CT molecular complexity index is 1100. The first-order valence-corrected chi connectivity index (χ1v) is 9.33. The van der Waals surface area contributed by atoms with Gasteiger partial charge in [-0.25, -0.2) is 4.68 Å².